The van der Waals surface area contributed by atoms with Crippen molar-refractivity contribution in [3.63, 3.8) is 0 Å². The molecular formula is C13H18N4O2S2. The quantitative estimate of drug-likeness (QED) is 0.595. The van der Waals surface area contributed by atoms with Gasteiger partial charge in [-0.15, -0.1) is 11.8 Å². The van der Waals surface area contributed by atoms with Crippen LogP contribution in [0.1, 0.15) is 6.92 Å². The average Bonchev–Trinajstić information content (AvgIpc) is 2.87. The molecule has 2 aromatic rings. The third kappa shape index (κ3) is 4.23. The lowest BCUT2D eigenvalue weighted by molar-refractivity contribution is 0.584. The normalized spacial score (nSPS) is 11.7. The first kappa shape index (κ1) is 15.9. The molecular weight excluding hydrogens is 308 g/mol. The highest BCUT2D eigenvalue weighted by Crippen LogP contribution is 2.18. The molecule has 1 aromatic heterocycles. The van der Waals surface area contributed by atoms with Gasteiger partial charge in [-0.3, -0.25) is 4.68 Å². The van der Waals surface area contributed by atoms with E-state index < -0.39 is 10.0 Å². The zero-order valence-electron chi connectivity index (χ0n) is 11.7. The third-order valence-electron chi connectivity index (χ3n) is 2.77. The first-order chi connectivity index (χ1) is 10.0. The summed E-state index contributed by atoms with van der Waals surface area (Å²) >= 11 is 1.59. The number of benzene rings is 1. The predicted molar refractivity (Wildman–Crippen MR) is 84.7 cm³/mol. The van der Waals surface area contributed by atoms with E-state index in [4.69, 9.17) is 5.73 Å². The average molecular weight is 326 g/mol. The van der Waals surface area contributed by atoms with Gasteiger partial charge in [0.1, 0.15) is 4.90 Å². The molecule has 2 rings (SSSR count). The Morgan fingerprint density at radius 1 is 1.33 bits per heavy atom. The summed E-state index contributed by atoms with van der Waals surface area (Å²) < 4.78 is 28.3. The SMILES string of the molecule is CCn1cc(S(=O)(=O)NCCSc2ccccc2)c(N)n1. The Bertz CT molecular complexity index is 683. The number of aromatic nitrogens is 2. The molecule has 3 N–H and O–H groups in total. The van der Waals surface area contributed by atoms with E-state index in [9.17, 15) is 8.42 Å². The lowest BCUT2D eigenvalue weighted by Gasteiger charge is -2.05. The molecule has 0 bridgehead atoms. The molecule has 6 nitrogen and oxygen atoms in total. The lowest BCUT2D eigenvalue weighted by atomic mass is 10.4. The second-order valence-corrected chi connectivity index (χ2v) is 7.20. The van der Waals surface area contributed by atoms with Crippen molar-refractivity contribution in [3.05, 3.63) is 36.5 Å². The Hall–Kier alpha value is -1.51. The van der Waals surface area contributed by atoms with E-state index in [0.717, 1.165) is 4.90 Å². The molecule has 0 aliphatic carbocycles. The van der Waals surface area contributed by atoms with Crippen LogP contribution < -0.4 is 10.5 Å². The molecule has 21 heavy (non-hydrogen) atoms. The van der Waals surface area contributed by atoms with Crippen LogP contribution in [0.25, 0.3) is 0 Å². The molecule has 0 saturated heterocycles. The van der Waals surface area contributed by atoms with E-state index in [1.807, 2.05) is 37.3 Å². The van der Waals surface area contributed by atoms with Crippen LogP contribution in [0, 0.1) is 0 Å². The van der Waals surface area contributed by atoms with Crippen LogP contribution in [0.5, 0.6) is 0 Å². The van der Waals surface area contributed by atoms with Gasteiger partial charge in [-0.2, -0.15) is 5.10 Å². The number of thioether (sulfide) groups is 1. The van der Waals surface area contributed by atoms with E-state index in [0.29, 0.717) is 18.8 Å². The lowest BCUT2D eigenvalue weighted by Crippen LogP contribution is -2.26. The number of aryl methyl sites for hydroxylation is 1. The van der Waals surface area contributed by atoms with Crippen molar-refractivity contribution in [2.45, 2.75) is 23.3 Å². The first-order valence-corrected chi connectivity index (χ1v) is 9.00. The fourth-order valence-electron chi connectivity index (χ4n) is 1.73. The van der Waals surface area contributed by atoms with Crippen molar-refractivity contribution in [1.29, 1.82) is 0 Å². The topological polar surface area (TPSA) is 90.0 Å². The Morgan fingerprint density at radius 2 is 2.05 bits per heavy atom. The number of nitrogens with zero attached hydrogens (tertiary/aromatic N) is 2. The van der Waals surface area contributed by atoms with Crippen molar-refractivity contribution >= 4 is 27.6 Å². The predicted octanol–water partition coefficient (Wildman–Crippen LogP) is 1.56. The van der Waals surface area contributed by atoms with Crippen molar-refractivity contribution < 1.29 is 8.42 Å². The second kappa shape index (κ2) is 6.97. The minimum absolute atomic E-state index is 0.0278. The molecule has 114 valence electrons. The van der Waals surface area contributed by atoms with E-state index in [2.05, 4.69) is 9.82 Å². The third-order valence-corrected chi connectivity index (χ3v) is 5.27. The maximum atomic E-state index is 12.1. The maximum absolute atomic E-state index is 12.1. The zero-order chi connectivity index (χ0) is 15.3. The summed E-state index contributed by atoms with van der Waals surface area (Å²) in [5.41, 5.74) is 5.64. The minimum Gasteiger partial charge on any atom is -0.381 e. The number of anilines is 1. The van der Waals surface area contributed by atoms with Crippen molar-refractivity contribution in [3.8, 4) is 0 Å². The summed E-state index contributed by atoms with van der Waals surface area (Å²) in [6.07, 6.45) is 1.45. The van der Waals surface area contributed by atoms with E-state index in [1.54, 1.807) is 11.8 Å². The summed E-state index contributed by atoms with van der Waals surface area (Å²) in [6.45, 7) is 2.77. The molecule has 0 aliphatic heterocycles. The molecule has 0 saturated carbocycles. The Labute approximate surface area is 128 Å². The Balaban J connectivity index is 1.91. The van der Waals surface area contributed by atoms with Crippen molar-refractivity contribution in [2.24, 2.45) is 0 Å². The van der Waals surface area contributed by atoms with Crippen molar-refractivity contribution in [2.75, 3.05) is 18.0 Å². The largest absolute Gasteiger partial charge is 0.381 e. The Morgan fingerprint density at radius 3 is 2.67 bits per heavy atom. The van der Waals surface area contributed by atoms with Gasteiger partial charge in [0, 0.05) is 29.9 Å². The first-order valence-electron chi connectivity index (χ1n) is 6.53. The summed E-state index contributed by atoms with van der Waals surface area (Å²) in [5, 5.41) is 3.94. The van der Waals surface area contributed by atoms with E-state index >= 15 is 0 Å². The molecule has 8 heteroatoms. The number of nitrogen functional groups attached to an aromatic ring is 1. The summed E-state index contributed by atoms with van der Waals surface area (Å²) in [5.74, 6) is 0.672. The highest BCUT2D eigenvalue weighted by Gasteiger charge is 2.20. The summed E-state index contributed by atoms with van der Waals surface area (Å²) in [7, 11) is -3.61. The molecule has 0 amide bonds. The monoisotopic (exact) mass is 326 g/mol. The standard InChI is InChI=1S/C13H18N4O2S2/c1-2-17-10-12(13(14)16-17)21(18,19)15-8-9-20-11-6-4-3-5-7-11/h3-7,10,15H,2,8-9H2,1H3,(H2,14,16). The van der Waals surface area contributed by atoms with Crippen molar-refractivity contribution in [1.82, 2.24) is 14.5 Å². The number of rotatable bonds is 7. The minimum atomic E-state index is -3.61. The molecule has 0 atom stereocenters. The zero-order valence-corrected chi connectivity index (χ0v) is 13.3. The van der Waals surface area contributed by atoms with Crippen LogP contribution >= 0.6 is 11.8 Å². The van der Waals surface area contributed by atoms with Gasteiger partial charge in [-0.25, -0.2) is 13.1 Å². The summed E-state index contributed by atoms with van der Waals surface area (Å²) in [6, 6.07) is 9.82. The van der Waals surface area contributed by atoms with Crippen LogP contribution in [0.15, 0.2) is 46.3 Å². The van der Waals surface area contributed by atoms with Crippen LogP contribution in [-0.2, 0) is 16.6 Å². The fourth-order valence-corrected chi connectivity index (χ4v) is 3.75. The maximum Gasteiger partial charge on any atom is 0.245 e. The molecule has 0 radical (unpaired) electrons. The van der Waals surface area contributed by atoms with Crippen LogP contribution in [0.3, 0.4) is 0 Å². The number of hydrogen-bond acceptors (Lipinski definition) is 5. The molecule has 0 aliphatic rings. The van der Waals surface area contributed by atoms with Gasteiger partial charge in [0.25, 0.3) is 0 Å². The highest BCUT2D eigenvalue weighted by atomic mass is 32.2. The molecule has 0 fully saturated rings. The van der Waals surface area contributed by atoms with Crippen LogP contribution in [0.2, 0.25) is 0 Å². The van der Waals surface area contributed by atoms with Gasteiger partial charge in [-0.05, 0) is 19.1 Å². The smallest absolute Gasteiger partial charge is 0.245 e. The number of nitrogens with two attached hydrogens (primary N) is 1. The second-order valence-electron chi connectivity index (χ2n) is 4.29. The van der Waals surface area contributed by atoms with Gasteiger partial charge in [0.05, 0.1) is 0 Å². The molecule has 1 aromatic carbocycles. The van der Waals surface area contributed by atoms with Gasteiger partial charge < -0.3 is 5.73 Å². The van der Waals surface area contributed by atoms with Gasteiger partial charge in [0.15, 0.2) is 5.82 Å². The molecule has 0 unspecified atom stereocenters. The number of nitrogens with one attached hydrogen (secondary N) is 1. The van der Waals surface area contributed by atoms with Crippen LogP contribution in [0.4, 0.5) is 5.82 Å². The number of sulfonamides is 1. The van der Waals surface area contributed by atoms with Gasteiger partial charge in [-0.1, -0.05) is 18.2 Å². The number of hydrogen-bond donors (Lipinski definition) is 2. The fraction of sp³-hybridized carbons (Fsp3) is 0.308. The molecule has 0 spiro atoms. The Kier molecular flexibility index (Phi) is 5.27. The molecule has 1 heterocycles. The van der Waals surface area contributed by atoms with Gasteiger partial charge >= 0.3 is 0 Å². The van der Waals surface area contributed by atoms with E-state index in [1.165, 1.54) is 10.9 Å². The summed E-state index contributed by atoms with van der Waals surface area (Å²) in [4.78, 5) is 1.14. The van der Waals surface area contributed by atoms with Crippen LogP contribution in [-0.4, -0.2) is 30.5 Å². The highest BCUT2D eigenvalue weighted by molar-refractivity contribution is 7.99. The van der Waals surface area contributed by atoms with E-state index in [-0.39, 0.29) is 10.7 Å². The van der Waals surface area contributed by atoms with Gasteiger partial charge in [0.2, 0.25) is 10.0 Å².